The number of carbonyl (C=O) groups is 1. The maximum atomic E-state index is 14.5. The number of nitrogens with two attached hydrogens (primary N) is 1. The van der Waals surface area contributed by atoms with Gasteiger partial charge in [0.15, 0.2) is 6.10 Å². The first-order valence-corrected chi connectivity index (χ1v) is 9.62. The number of halogens is 6. The van der Waals surface area contributed by atoms with E-state index in [2.05, 4.69) is 15.0 Å². The molecule has 0 saturated carbocycles. The number of rotatable bonds is 3. The molecular formula is C19H22F6N4O2. The lowest BCUT2D eigenvalue weighted by atomic mass is 9.85. The zero-order chi connectivity index (χ0) is 23.0. The highest BCUT2D eigenvalue weighted by Gasteiger charge is 2.50. The van der Waals surface area contributed by atoms with Gasteiger partial charge in [0, 0.05) is 36.7 Å². The second-order valence-electron chi connectivity index (χ2n) is 7.86. The number of aliphatic imine (C=N–C) groups is 1. The van der Waals surface area contributed by atoms with Crippen LogP contribution in [-0.2, 0) is 10.3 Å². The molecule has 2 aliphatic rings. The average Bonchev–Trinajstić information content (AvgIpc) is 2.68. The summed E-state index contributed by atoms with van der Waals surface area (Å²) < 4.78 is 84.1. The van der Waals surface area contributed by atoms with Gasteiger partial charge in [0.25, 0.3) is 6.02 Å². The molecule has 0 aromatic heterocycles. The van der Waals surface area contributed by atoms with Crippen LogP contribution in [0.4, 0.5) is 36.8 Å². The predicted octanol–water partition coefficient (Wildman–Crippen LogP) is 4.22. The molecule has 1 aromatic carbocycles. The molecule has 3 rings (SSSR count). The van der Waals surface area contributed by atoms with Gasteiger partial charge >= 0.3 is 12.2 Å². The normalized spacial score (nSPS) is 25.2. The van der Waals surface area contributed by atoms with Crippen molar-refractivity contribution < 1.29 is 35.9 Å². The monoisotopic (exact) mass is 452 g/mol. The van der Waals surface area contributed by atoms with E-state index in [0.29, 0.717) is 0 Å². The molecule has 1 aromatic rings. The number of ether oxygens (including phenoxy) is 1. The molecule has 1 fully saturated rings. The summed E-state index contributed by atoms with van der Waals surface area (Å²) in [4.78, 5) is 17.7. The summed E-state index contributed by atoms with van der Waals surface area (Å²) in [6, 6.07) is 2.16. The first kappa shape index (κ1) is 23.0. The van der Waals surface area contributed by atoms with Crippen molar-refractivity contribution in [2.45, 2.75) is 50.4 Å². The maximum absolute atomic E-state index is 14.5. The molecule has 2 atom stereocenters. The molecular weight excluding hydrogens is 430 g/mol. The zero-order valence-electron chi connectivity index (χ0n) is 16.6. The van der Waals surface area contributed by atoms with Crippen LogP contribution in [0.15, 0.2) is 23.2 Å². The van der Waals surface area contributed by atoms with Crippen molar-refractivity contribution in [3.8, 4) is 0 Å². The first-order chi connectivity index (χ1) is 14.4. The SMILES string of the molecule is CC1(c2cc(NC(=O)N3CCC(C(F)F)CC3)ccc2F)CC(C(F)(F)F)OC(N)=N1. The Kier molecular flexibility index (Phi) is 6.28. The summed E-state index contributed by atoms with van der Waals surface area (Å²) >= 11 is 0. The summed E-state index contributed by atoms with van der Waals surface area (Å²) in [5.41, 5.74) is 3.67. The van der Waals surface area contributed by atoms with Crippen molar-refractivity contribution in [1.82, 2.24) is 4.90 Å². The first-order valence-electron chi connectivity index (χ1n) is 9.62. The number of amides is 2. The molecule has 0 spiro atoms. The summed E-state index contributed by atoms with van der Waals surface area (Å²) in [7, 11) is 0. The van der Waals surface area contributed by atoms with E-state index in [4.69, 9.17) is 5.73 Å². The molecule has 172 valence electrons. The zero-order valence-corrected chi connectivity index (χ0v) is 16.6. The standard InChI is InChI=1S/C19H22F6N4O2/c1-18(9-14(19(23,24)25)31-16(26)28-18)12-8-11(2-3-13(12)20)27-17(30)29-6-4-10(5-7-29)15(21)22/h2-3,8,10,14-15H,4-7,9H2,1H3,(H2,26,28)(H,27,30). The van der Waals surface area contributed by atoms with Crippen molar-refractivity contribution in [3.63, 3.8) is 0 Å². The van der Waals surface area contributed by atoms with Crippen LogP contribution >= 0.6 is 0 Å². The number of anilines is 1. The van der Waals surface area contributed by atoms with Gasteiger partial charge in [0.1, 0.15) is 5.82 Å². The molecule has 2 aliphatic heterocycles. The Labute approximate surface area is 174 Å². The number of benzene rings is 1. The van der Waals surface area contributed by atoms with E-state index in [0.717, 1.165) is 6.07 Å². The van der Waals surface area contributed by atoms with E-state index in [1.807, 2.05) is 0 Å². The van der Waals surface area contributed by atoms with E-state index in [9.17, 15) is 31.1 Å². The lowest BCUT2D eigenvalue weighted by Crippen LogP contribution is -2.46. The number of likely N-dealkylation sites (tertiary alicyclic amines) is 1. The lowest BCUT2D eigenvalue weighted by molar-refractivity contribution is -0.208. The highest BCUT2D eigenvalue weighted by atomic mass is 19.4. The van der Waals surface area contributed by atoms with Gasteiger partial charge in [0.2, 0.25) is 6.43 Å². The van der Waals surface area contributed by atoms with Crippen LogP contribution in [0.1, 0.15) is 31.7 Å². The van der Waals surface area contributed by atoms with Gasteiger partial charge in [-0.3, -0.25) is 0 Å². The van der Waals surface area contributed by atoms with Crippen LogP contribution in [-0.4, -0.2) is 48.7 Å². The number of hydrogen-bond donors (Lipinski definition) is 2. The van der Waals surface area contributed by atoms with E-state index in [1.165, 1.54) is 24.0 Å². The van der Waals surface area contributed by atoms with Crippen molar-refractivity contribution in [3.05, 3.63) is 29.6 Å². The van der Waals surface area contributed by atoms with E-state index in [-0.39, 0.29) is 37.2 Å². The Balaban J connectivity index is 1.77. The van der Waals surface area contributed by atoms with Crippen LogP contribution in [0, 0.1) is 11.7 Å². The number of alkyl halides is 5. The van der Waals surface area contributed by atoms with E-state index < -0.39 is 54.5 Å². The fourth-order valence-corrected chi connectivity index (χ4v) is 3.79. The molecule has 1 saturated heterocycles. The molecule has 0 aliphatic carbocycles. The number of nitrogens with zero attached hydrogens (tertiary/aromatic N) is 2. The smallest absolute Gasteiger partial charge is 0.425 e. The number of amidine groups is 1. The van der Waals surface area contributed by atoms with Crippen LogP contribution in [0.2, 0.25) is 0 Å². The molecule has 2 heterocycles. The minimum absolute atomic E-state index is 0.127. The van der Waals surface area contributed by atoms with E-state index >= 15 is 0 Å². The minimum Gasteiger partial charge on any atom is -0.452 e. The molecule has 12 heteroatoms. The van der Waals surface area contributed by atoms with Crippen molar-refractivity contribution in [1.29, 1.82) is 0 Å². The molecule has 3 N–H and O–H groups in total. The van der Waals surface area contributed by atoms with Gasteiger partial charge in [-0.1, -0.05) is 0 Å². The van der Waals surface area contributed by atoms with Gasteiger partial charge in [0.05, 0.1) is 5.54 Å². The minimum atomic E-state index is -4.73. The highest BCUT2D eigenvalue weighted by molar-refractivity contribution is 5.89. The molecule has 0 radical (unpaired) electrons. The topological polar surface area (TPSA) is 80.0 Å². The van der Waals surface area contributed by atoms with Crippen molar-refractivity contribution >= 4 is 17.7 Å². The largest absolute Gasteiger partial charge is 0.452 e. The van der Waals surface area contributed by atoms with Crippen molar-refractivity contribution in [2.75, 3.05) is 18.4 Å². The predicted molar refractivity (Wildman–Crippen MR) is 100 cm³/mol. The summed E-state index contributed by atoms with van der Waals surface area (Å²) in [6.07, 6.45) is -9.82. The summed E-state index contributed by atoms with van der Waals surface area (Å²) in [5.74, 6) is -1.59. The second-order valence-corrected chi connectivity index (χ2v) is 7.86. The van der Waals surface area contributed by atoms with Gasteiger partial charge < -0.3 is 20.7 Å². The third kappa shape index (κ3) is 5.16. The molecule has 2 unspecified atom stereocenters. The third-order valence-corrected chi connectivity index (χ3v) is 5.55. The number of hydrogen-bond acceptors (Lipinski definition) is 4. The highest BCUT2D eigenvalue weighted by Crippen LogP contribution is 2.41. The van der Waals surface area contributed by atoms with Gasteiger partial charge in [-0.25, -0.2) is 23.0 Å². The summed E-state index contributed by atoms with van der Waals surface area (Å²) in [6.45, 7) is 1.57. The quantitative estimate of drug-likeness (QED) is 0.675. The number of urea groups is 1. The Morgan fingerprint density at radius 3 is 2.55 bits per heavy atom. The molecule has 0 bridgehead atoms. The molecule has 6 nitrogen and oxygen atoms in total. The molecule has 2 amide bonds. The van der Waals surface area contributed by atoms with Gasteiger partial charge in [-0.2, -0.15) is 13.2 Å². The Morgan fingerprint density at radius 2 is 1.97 bits per heavy atom. The van der Waals surface area contributed by atoms with Gasteiger partial charge in [-0.05, 0) is 38.0 Å². The average molecular weight is 452 g/mol. The fourth-order valence-electron chi connectivity index (χ4n) is 3.79. The maximum Gasteiger partial charge on any atom is 0.425 e. The number of carbonyl (C=O) groups excluding carboxylic acids is 1. The summed E-state index contributed by atoms with van der Waals surface area (Å²) in [5, 5.41) is 2.53. The van der Waals surface area contributed by atoms with E-state index in [1.54, 1.807) is 0 Å². The Morgan fingerprint density at radius 1 is 1.32 bits per heavy atom. The number of nitrogens with one attached hydrogen (secondary N) is 1. The fraction of sp³-hybridized carbons (Fsp3) is 0.579. The van der Waals surface area contributed by atoms with Crippen LogP contribution in [0.5, 0.6) is 0 Å². The lowest BCUT2D eigenvalue weighted by Gasteiger charge is -2.36. The van der Waals surface area contributed by atoms with Crippen molar-refractivity contribution in [2.24, 2.45) is 16.6 Å². The van der Waals surface area contributed by atoms with Crippen LogP contribution < -0.4 is 11.1 Å². The Hall–Kier alpha value is -2.66. The number of piperidine rings is 1. The van der Waals surface area contributed by atoms with Crippen LogP contribution in [0.3, 0.4) is 0 Å². The van der Waals surface area contributed by atoms with Crippen LogP contribution in [0.25, 0.3) is 0 Å². The Bertz CT molecular complexity index is 854. The molecule has 31 heavy (non-hydrogen) atoms. The second kappa shape index (κ2) is 8.46. The van der Waals surface area contributed by atoms with Gasteiger partial charge in [-0.15, -0.1) is 0 Å². The third-order valence-electron chi connectivity index (χ3n) is 5.55.